The first-order valence-electron chi connectivity index (χ1n) is 4.70. The van der Waals surface area contributed by atoms with Crippen molar-refractivity contribution < 1.29 is 9.30 Å². The first-order chi connectivity index (χ1) is 7.60. The van der Waals surface area contributed by atoms with E-state index in [1.165, 1.54) is 11.4 Å². The Morgan fingerprint density at radius 1 is 1.69 bits per heavy atom. The Hall–Kier alpha value is -0.850. The van der Waals surface area contributed by atoms with Crippen LogP contribution in [0.2, 0.25) is 0 Å². The van der Waals surface area contributed by atoms with Crippen LogP contribution in [-0.2, 0) is 9.30 Å². The molecule has 90 valence electrons. The first kappa shape index (κ1) is 13.2. The molecule has 0 saturated heterocycles. The van der Waals surface area contributed by atoms with Crippen molar-refractivity contribution in [3.05, 3.63) is 0 Å². The number of guanidine groups is 2. The molecular formula is C7H15N5O2PS+. The summed E-state index contributed by atoms with van der Waals surface area (Å²) < 4.78 is 16.0. The van der Waals surface area contributed by atoms with Gasteiger partial charge in [-0.2, -0.15) is 9.98 Å². The summed E-state index contributed by atoms with van der Waals surface area (Å²) in [7, 11) is -0.483. The van der Waals surface area contributed by atoms with Crippen molar-refractivity contribution in [3.8, 4) is 0 Å². The Morgan fingerprint density at radius 3 is 2.94 bits per heavy atom. The second-order valence-corrected chi connectivity index (χ2v) is 5.24. The molecule has 0 radical (unpaired) electrons. The van der Waals surface area contributed by atoms with E-state index in [-0.39, 0.29) is 17.3 Å². The van der Waals surface area contributed by atoms with Gasteiger partial charge in [0.15, 0.2) is 0 Å². The number of nitrogens with two attached hydrogens (primary N) is 2. The Bertz CT molecular complexity index is 324. The minimum Gasteiger partial charge on any atom is -0.369 e. The number of rotatable bonds is 5. The monoisotopic (exact) mass is 264 g/mol. The highest BCUT2D eigenvalue weighted by molar-refractivity contribution is 8.46. The van der Waals surface area contributed by atoms with E-state index >= 15 is 0 Å². The van der Waals surface area contributed by atoms with E-state index in [1.807, 2.05) is 13.8 Å². The van der Waals surface area contributed by atoms with E-state index < -0.39 is 14.0 Å². The average Bonchev–Trinajstić information content (AvgIpc) is 2.17. The molecule has 0 aromatic carbocycles. The van der Waals surface area contributed by atoms with Crippen LogP contribution in [-0.4, -0.2) is 35.2 Å². The highest BCUT2D eigenvalue weighted by atomic mass is 32.7. The van der Waals surface area contributed by atoms with Gasteiger partial charge in [0, 0.05) is 6.61 Å². The Kier molecular flexibility index (Phi) is 4.98. The van der Waals surface area contributed by atoms with Gasteiger partial charge in [-0.25, -0.2) is 0 Å². The highest BCUT2D eigenvalue weighted by Crippen LogP contribution is 2.28. The zero-order valence-electron chi connectivity index (χ0n) is 9.08. The van der Waals surface area contributed by atoms with Crippen LogP contribution < -0.4 is 11.5 Å². The van der Waals surface area contributed by atoms with Gasteiger partial charge < -0.3 is 16.2 Å². The maximum Gasteiger partial charge on any atom is 0.398 e. The summed E-state index contributed by atoms with van der Waals surface area (Å²) in [4.78, 5) is 9.52. The minimum atomic E-state index is -0.596. The first-order valence-corrected chi connectivity index (χ1v) is 7.21. The number of ether oxygens (including phenoxy) is 1. The highest BCUT2D eigenvalue weighted by Gasteiger charge is 2.31. The van der Waals surface area contributed by atoms with E-state index in [2.05, 4.69) is 9.98 Å². The Morgan fingerprint density at radius 2 is 2.38 bits per heavy atom. The molecule has 1 aliphatic heterocycles. The second-order valence-electron chi connectivity index (χ2n) is 2.95. The van der Waals surface area contributed by atoms with Crippen molar-refractivity contribution >= 4 is 31.0 Å². The van der Waals surface area contributed by atoms with Gasteiger partial charge in [-0.05, 0) is 13.8 Å². The number of hydrogen-bond donors (Lipinski definition) is 2. The second kappa shape index (κ2) is 6.03. The molecule has 1 aliphatic rings. The molecule has 0 aromatic rings. The van der Waals surface area contributed by atoms with Crippen LogP contribution in [0.15, 0.2) is 9.98 Å². The summed E-state index contributed by atoms with van der Waals surface area (Å²) in [6.45, 7) is 4.17. The van der Waals surface area contributed by atoms with Crippen molar-refractivity contribution in [1.82, 2.24) is 4.90 Å². The molecule has 0 spiro atoms. The number of hydrogen-bond acceptors (Lipinski definition) is 8. The lowest BCUT2D eigenvalue weighted by Gasteiger charge is -2.33. The summed E-state index contributed by atoms with van der Waals surface area (Å²) >= 11 is 1.22. The maximum atomic E-state index is 10.6. The van der Waals surface area contributed by atoms with Gasteiger partial charge in [0.25, 0.3) is 0 Å². The predicted octanol–water partition coefficient (Wildman–Crippen LogP) is 0.270. The van der Waals surface area contributed by atoms with E-state index in [4.69, 9.17) is 16.2 Å². The summed E-state index contributed by atoms with van der Waals surface area (Å²) in [5.41, 5.74) is 11.2. The van der Waals surface area contributed by atoms with Crippen LogP contribution in [0.3, 0.4) is 0 Å². The zero-order chi connectivity index (χ0) is 12.1. The number of nitrogens with zero attached hydrogens (tertiary/aromatic N) is 3. The molecule has 9 heteroatoms. The topological polar surface area (TPSA) is 106 Å². The fourth-order valence-corrected chi connectivity index (χ4v) is 2.47. The van der Waals surface area contributed by atoms with Crippen LogP contribution in [0.25, 0.3) is 0 Å². The van der Waals surface area contributed by atoms with Gasteiger partial charge in [0.2, 0.25) is 18.3 Å². The van der Waals surface area contributed by atoms with Gasteiger partial charge in [0.05, 0.1) is 0 Å². The zero-order valence-corrected chi connectivity index (χ0v) is 10.9. The minimum absolute atomic E-state index is 0.0916. The fourth-order valence-electron chi connectivity index (χ4n) is 1.25. The summed E-state index contributed by atoms with van der Waals surface area (Å²) in [5.74, 6) is 0.318. The maximum absolute atomic E-state index is 10.6. The lowest BCUT2D eigenvalue weighted by atomic mass is 10.5. The van der Waals surface area contributed by atoms with E-state index in [9.17, 15) is 4.57 Å². The molecule has 0 fully saturated rings. The SMILES string of the molecule is CCOC1N=C(N)N=C(N)N1C(C)S[PH+]=O. The standard InChI is InChI=1S/C7H14N5O2PS/c1-3-14-7-11-5(8)10-6(9)12(7)4(2)16-15-13/h4,7H,3H2,1-2H3,(H4,8,9,10,11)/p+1. The van der Waals surface area contributed by atoms with Crippen molar-refractivity contribution in [3.63, 3.8) is 0 Å². The van der Waals surface area contributed by atoms with E-state index in [1.54, 1.807) is 4.90 Å². The molecule has 1 heterocycles. The van der Waals surface area contributed by atoms with Gasteiger partial charge in [-0.3, -0.25) is 4.90 Å². The average molecular weight is 264 g/mol. The lowest BCUT2D eigenvalue weighted by Crippen LogP contribution is -2.52. The van der Waals surface area contributed by atoms with Gasteiger partial charge >= 0.3 is 7.66 Å². The molecule has 0 bridgehead atoms. The van der Waals surface area contributed by atoms with Gasteiger partial charge in [-0.15, -0.1) is 0 Å². The molecule has 0 saturated carbocycles. The van der Waals surface area contributed by atoms with Crippen LogP contribution in [0.1, 0.15) is 13.8 Å². The third kappa shape index (κ3) is 3.07. The normalized spacial score (nSPS) is 22.9. The van der Waals surface area contributed by atoms with E-state index in [0.717, 1.165) is 0 Å². The van der Waals surface area contributed by atoms with E-state index in [0.29, 0.717) is 6.61 Å². The molecule has 0 aromatic heterocycles. The van der Waals surface area contributed by atoms with Crippen molar-refractivity contribution in [2.45, 2.75) is 25.6 Å². The smallest absolute Gasteiger partial charge is 0.369 e. The molecule has 3 unspecified atom stereocenters. The largest absolute Gasteiger partial charge is 0.398 e. The molecule has 7 nitrogen and oxygen atoms in total. The summed E-state index contributed by atoms with van der Waals surface area (Å²) in [5, 5.41) is -0.145. The summed E-state index contributed by atoms with van der Waals surface area (Å²) in [6, 6.07) is 0. The van der Waals surface area contributed by atoms with Crippen molar-refractivity contribution in [1.29, 1.82) is 0 Å². The molecule has 0 aliphatic carbocycles. The molecular weight excluding hydrogens is 249 g/mol. The van der Waals surface area contributed by atoms with Crippen molar-refractivity contribution in [2.75, 3.05) is 6.61 Å². The Labute approximate surface area is 99.3 Å². The molecule has 1 rings (SSSR count). The van der Waals surface area contributed by atoms with Crippen LogP contribution in [0, 0.1) is 0 Å². The third-order valence-electron chi connectivity index (χ3n) is 1.90. The summed E-state index contributed by atoms with van der Waals surface area (Å²) in [6.07, 6.45) is -0.596. The fraction of sp³-hybridized carbons (Fsp3) is 0.714. The van der Waals surface area contributed by atoms with Crippen LogP contribution >= 0.6 is 19.0 Å². The molecule has 3 atom stereocenters. The third-order valence-corrected chi connectivity index (χ3v) is 3.88. The quantitative estimate of drug-likeness (QED) is 0.690. The van der Waals surface area contributed by atoms with Gasteiger partial charge in [0.1, 0.15) is 16.8 Å². The number of aliphatic imine (C=N–C) groups is 2. The lowest BCUT2D eigenvalue weighted by molar-refractivity contribution is -0.0180. The predicted molar refractivity (Wildman–Crippen MR) is 66.6 cm³/mol. The van der Waals surface area contributed by atoms with Crippen LogP contribution in [0.5, 0.6) is 0 Å². The molecule has 0 amide bonds. The van der Waals surface area contributed by atoms with Crippen molar-refractivity contribution in [2.24, 2.45) is 21.5 Å². The molecule has 16 heavy (non-hydrogen) atoms. The molecule has 4 N–H and O–H groups in total. The van der Waals surface area contributed by atoms with Crippen LogP contribution in [0.4, 0.5) is 0 Å². The Balaban J connectivity index is 2.86. The van der Waals surface area contributed by atoms with Gasteiger partial charge in [-0.1, -0.05) is 4.57 Å².